The summed E-state index contributed by atoms with van der Waals surface area (Å²) in [4.78, 5) is 2.11. The molecule has 1 aromatic rings. The van der Waals surface area contributed by atoms with E-state index in [1.54, 1.807) is 0 Å². The highest BCUT2D eigenvalue weighted by Crippen LogP contribution is 2.50. The summed E-state index contributed by atoms with van der Waals surface area (Å²) < 4.78 is 6.18. The second kappa shape index (κ2) is 5.47. The van der Waals surface area contributed by atoms with Crippen molar-refractivity contribution in [3.05, 3.63) is 41.5 Å². The first-order valence-corrected chi connectivity index (χ1v) is 7.71. The number of aliphatic hydroxyl groups is 1. The zero-order valence-electron chi connectivity index (χ0n) is 13.2. The lowest BCUT2D eigenvalue weighted by atomic mass is 9.67. The molecular formula is C18H25NO2. The number of hydrogen-bond donors (Lipinski definition) is 1. The molecular weight excluding hydrogens is 262 g/mol. The molecule has 1 fully saturated rings. The SMILES string of the molecule is CC1=CC[C@]2(CO)CO[C@@H](c3ccc(N(C)C)cc3)[C@H]1C2. The van der Waals surface area contributed by atoms with Gasteiger partial charge in [0.05, 0.1) is 19.3 Å². The zero-order valence-corrected chi connectivity index (χ0v) is 13.2. The van der Waals surface area contributed by atoms with Gasteiger partial charge in [-0.05, 0) is 37.5 Å². The molecule has 3 heteroatoms. The van der Waals surface area contributed by atoms with Crippen LogP contribution in [0.5, 0.6) is 0 Å². The number of allylic oxidation sites excluding steroid dienone is 1. The van der Waals surface area contributed by atoms with Crippen molar-refractivity contribution in [3.63, 3.8) is 0 Å². The minimum absolute atomic E-state index is 0.0513. The molecule has 1 aliphatic heterocycles. The summed E-state index contributed by atoms with van der Waals surface area (Å²) in [5.41, 5.74) is 3.80. The van der Waals surface area contributed by atoms with Crippen LogP contribution in [0.15, 0.2) is 35.9 Å². The molecule has 2 aliphatic rings. The van der Waals surface area contributed by atoms with Gasteiger partial charge in [-0.2, -0.15) is 0 Å². The minimum atomic E-state index is -0.0513. The van der Waals surface area contributed by atoms with E-state index in [1.165, 1.54) is 16.8 Å². The molecule has 1 N–H and O–H groups in total. The minimum Gasteiger partial charge on any atom is -0.396 e. The molecule has 1 saturated heterocycles. The van der Waals surface area contributed by atoms with Gasteiger partial charge in [0.1, 0.15) is 0 Å². The highest BCUT2D eigenvalue weighted by molar-refractivity contribution is 5.46. The number of hydrogen-bond acceptors (Lipinski definition) is 3. The third kappa shape index (κ3) is 2.60. The molecule has 3 nitrogen and oxygen atoms in total. The van der Waals surface area contributed by atoms with Crippen molar-refractivity contribution in [3.8, 4) is 0 Å². The lowest BCUT2D eigenvalue weighted by Crippen LogP contribution is -2.43. The Morgan fingerprint density at radius 1 is 1.29 bits per heavy atom. The summed E-state index contributed by atoms with van der Waals surface area (Å²) in [5.74, 6) is 0.393. The molecule has 1 aliphatic carbocycles. The fourth-order valence-corrected chi connectivity index (χ4v) is 3.55. The average Bonchev–Trinajstić information content (AvgIpc) is 2.52. The highest BCUT2D eigenvalue weighted by atomic mass is 16.5. The van der Waals surface area contributed by atoms with E-state index in [0.29, 0.717) is 12.5 Å². The van der Waals surface area contributed by atoms with Crippen LogP contribution in [0.4, 0.5) is 5.69 Å². The number of rotatable bonds is 3. The summed E-state index contributed by atoms with van der Waals surface area (Å²) in [6.45, 7) is 3.07. The largest absolute Gasteiger partial charge is 0.396 e. The Labute approximate surface area is 127 Å². The Balaban J connectivity index is 1.86. The van der Waals surface area contributed by atoms with Crippen LogP contribution in [-0.4, -0.2) is 32.4 Å². The maximum absolute atomic E-state index is 9.72. The molecule has 2 bridgehead atoms. The van der Waals surface area contributed by atoms with Crippen molar-refractivity contribution >= 4 is 5.69 Å². The molecule has 1 aromatic carbocycles. The standard InChI is InChI=1S/C18H25NO2/c1-13-8-9-18(11-20)10-16(13)17(21-12-18)14-4-6-15(7-5-14)19(2)3/h4-8,16-17,20H,9-12H2,1-3H3/t16-,17-,18-/m0/s1. The molecule has 0 amide bonds. The first-order valence-electron chi connectivity index (χ1n) is 7.71. The third-order valence-corrected chi connectivity index (χ3v) is 5.10. The predicted molar refractivity (Wildman–Crippen MR) is 85.5 cm³/mol. The van der Waals surface area contributed by atoms with Gasteiger partial charge in [-0.25, -0.2) is 0 Å². The van der Waals surface area contributed by atoms with E-state index in [0.717, 1.165) is 12.8 Å². The van der Waals surface area contributed by atoms with Crippen LogP contribution in [-0.2, 0) is 4.74 Å². The summed E-state index contributed by atoms with van der Waals surface area (Å²) >= 11 is 0. The van der Waals surface area contributed by atoms with Crippen molar-refractivity contribution in [1.29, 1.82) is 0 Å². The van der Waals surface area contributed by atoms with Crippen molar-refractivity contribution < 1.29 is 9.84 Å². The molecule has 0 radical (unpaired) electrons. The van der Waals surface area contributed by atoms with Crippen molar-refractivity contribution in [1.82, 2.24) is 0 Å². The van der Waals surface area contributed by atoms with Crippen LogP contribution in [0, 0.1) is 11.3 Å². The Morgan fingerprint density at radius 3 is 2.62 bits per heavy atom. The fraction of sp³-hybridized carbons (Fsp3) is 0.556. The van der Waals surface area contributed by atoms with Gasteiger partial charge in [-0.3, -0.25) is 0 Å². The summed E-state index contributed by atoms with van der Waals surface area (Å²) in [5, 5.41) is 9.72. The van der Waals surface area contributed by atoms with Gasteiger partial charge in [0.25, 0.3) is 0 Å². The molecule has 114 valence electrons. The zero-order chi connectivity index (χ0) is 15.0. The van der Waals surface area contributed by atoms with E-state index in [-0.39, 0.29) is 18.1 Å². The normalized spacial score (nSPS) is 31.7. The van der Waals surface area contributed by atoms with Crippen LogP contribution in [0.1, 0.15) is 31.4 Å². The molecule has 1 heterocycles. The number of ether oxygens (including phenoxy) is 1. The summed E-state index contributed by atoms with van der Waals surface area (Å²) in [6.07, 6.45) is 4.40. The van der Waals surface area contributed by atoms with Crippen LogP contribution in [0.2, 0.25) is 0 Å². The number of anilines is 1. The highest BCUT2D eigenvalue weighted by Gasteiger charge is 2.44. The second-order valence-corrected chi connectivity index (χ2v) is 6.84. The van der Waals surface area contributed by atoms with Crippen molar-refractivity contribution in [2.24, 2.45) is 11.3 Å². The predicted octanol–water partition coefficient (Wildman–Crippen LogP) is 3.16. The van der Waals surface area contributed by atoms with Gasteiger partial charge in [0.2, 0.25) is 0 Å². The smallest absolute Gasteiger partial charge is 0.0890 e. The molecule has 0 aromatic heterocycles. The van der Waals surface area contributed by atoms with Gasteiger partial charge in [-0.15, -0.1) is 0 Å². The fourth-order valence-electron chi connectivity index (χ4n) is 3.55. The number of fused-ring (bicyclic) bond motifs is 2. The quantitative estimate of drug-likeness (QED) is 0.867. The molecule has 0 unspecified atom stereocenters. The van der Waals surface area contributed by atoms with Crippen molar-refractivity contribution in [2.45, 2.75) is 25.9 Å². The van der Waals surface area contributed by atoms with Gasteiger partial charge < -0.3 is 14.7 Å². The van der Waals surface area contributed by atoms with Crippen LogP contribution in [0.3, 0.4) is 0 Å². The van der Waals surface area contributed by atoms with E-state index in [2.05, 4.69) is 56.3 Å². The Bertz CT molecular complexity index is 535. The molecule has 3 atom stereocenters. The van der Waals surface area contributed by atoms with E-state index < -0.39 is 0 Å². The van der Waals surface area contributed by atoms with Crippen molar-refractivity contribution in [2.75, 3.05) is 32.2 Å². The third-order valence-electron chi connectivity index (χ3n) is 5.10. The van der Waals surface area contributed by atoms with Crippen LogP contribution >= 0.6 is 0 Å². The average molecular weight is 287 g/mol. The lowest BCUT2D eigenvalue weighted by molar-refractivity contribution is -0.113. The van der Waals surface area contributed by atoms with E-state index >= 15 is 0 Å². The maximum Gasteiger partial charge on any atom is 0.0890 e. The van der Waals surface area contributed by atoms with Gasteiger partial charge in [0, 0.05) is 31.1 Å². The first-order chi connectivity index (χ1) is 10.0. The Kier molecular flexibility index (Phi) is 3.80. The number of benzene rings is 1. The maximum atomic E-state index is 9.72. The van der Waals surface area contributed by atoms with Crippen LogP contribution < -0.4 is 4.90 Å². The summed E-state index contributed by atoms with van der Waals surface area (Å²) in [6, 6.07) is 8.64. The van der Waals surface area contributed by atoms with E-state index in [4.69, 9.17) is 4.74 Å². The number of aliphatic hydroxyl groups excluding tert-OH is 1. The Hall–Kier alpha value is -1.32. The number of nitrogens with zero attached hydrogens (tertiary/aromatic N) is 1. The first kappa shape index (κ1) is 14.6. The molecule has 3 rings (SSSR count). The van der Waals surface area contributed by atoms with Gasteiger partial charge >= 0.3 is 0 Å². The summed E-state index contributed by atoms with van der Waals surface area (Å²) in [7, 11) is 4.10. The molecule has 21 heavy (non-hydrogen) atoms. The van der Waals surface area contributed by atoms with E-state index in [1.807, 2.05) is 0 Å². The Morgan fingerprint density at radius 2 is 2.00 bits per heavy atom. The lowest BCUT2D eigenvalue weighted by Gasteiger charge is -2.47. The van der Waals surface area contributed by atoms with E-state index in [9.17, 15) is 5.11 Å². The van der Waals surface area contributed by atoms with Crippen LogP contribution in [0.25, 0.3) is 0 Å². The van der Waals surface area contributed by atoms with Gasteiger partial charge in [0.15, 0.2) is 0 Å². The second-order valence-electron chi connectivity index (χ2n) is 6.84. The topological polar surface area (TPSA) is 32.7 Å². The molecule has 0 saturated carbocycles. The van der Waals surface area contributed by atoms with Gasteiger partial charge in [-0.1, -0.05) is 23.8 Å². The monoisotopic (exact) mass is 287 g/mol. The molecule has 0 spiro atoms.